The normalized spacial score (nSPS) is 14.7. The monoisotopic (exact) mass is 369 g/mol. The summed E-state index contributed by atoms with van der Waals surface area (Å²) < 4.78 is 2.12. The van der Waals surface area contributed by atoms with Gasteiger partial charge in [-0.05, 0) is 38.8 Å². The molecule has 1 aromatic heterocycles. The van der Waals surface area contributed by atoms with Crippen LogP contribution in [0.5, 0.6) is 0 Å². The van der Waals surface area contributed by atoms with E-state index in [0.29, 0.717) is 18.9 Å². The molecule has 0 aliphatic heterocycles. The summed E-state index contributed by atoms with van der Waals surface area (Å²) in [4.78, 5) is 14.7. The van der Waals surface area contributed by atoms with Crippen molar-refractivity contribution in [3.8, 4) is 6.07 Å². The van der Waals surface area contributed by atoms with Crippen LogP contribution in [0.4, 0.5) is 5.69 Å². The van der Waals surface area contributed by atoms with Crippen molar-refractivity contribution in [3.63, 3.8) is 0 Å². The molecule has 0 spiro atoms. The fraction of sp³-hybridized carbons (Fsp3) is 0.474. The first-order valence-corrected chi connectivity index (χ1v) is 9.86. The quantitative estimate of drug-likeness (QED) is 0.665. The van der Waals surface area contributed by atoms with E-state index in [1.165, 1.54) is 24.6 Å². The zero-order chi connectivity index (χ0) is 18.5. The Morgan fingerprint density at radius 2 is 2.12 bits per heavy atom. The van der Waals surface area contributed by atoms with Gasteiger partial charge in [0.1, 0.15) is 5.82 Å². The summed E-state index contributed by atoms with van der Waals surface area (Å²) in [7, 11) is 0. The predicted octanol–water partition coefficient (Wildman–Crippen LogP) is 3.60. The second-order valence-electron chi connectivity index (χ2n) is 6.35. The number of thioether (sulfide) groups is 1. The highest BCUT2D eigenvalue weighted by molar-refractivity contribution is 8.00. The molecule has 1 aliphatic rings. The molecule has 1 heterocycles. The number of rotatable bonds is 8. The number of nitriles is 1. The number of carbonyl (C=O) groups excluding carboxylic acids is 1. The van der Waals surface area contributed by atoms with Gasteiger partial charge in [-0.25, -0.2) is 0 Å². The lowest BCUT2D eigenvalue weighted by molar-refractivity contribution is -0.117. The number of aromatic nitrogens is 3. The first kappa shape index (κ1) is 18.5. The minimum Gasteiger partial charge on any atom is -0.310 e. The number of carbonyl (C=O) groups is 1. The van der Waals surface area contributed by atoms with Crippen LogP contribution in [0.15, 0.2) is 35.5 Å². The van der Waals surface area contributed by atoms with Gasteiger partial charge in [-0.1, -0.05) is 30.0 Å². The van der Waals surface area contributed by atoms with Crippen LogP contribution in [-0.4, -0.2) is 32.5 Å². The van der Waals surface area contributed by atoms with Gasteiger partial charge in [0.2, 0.25) is 5.91 Å². The Morgan fingerprint density at radius 1 is 1.38 bits per heavy atom. The smallest absolute Gasteiger partial charge is 0.240 e. The molecule has 1 fully saturated rings. The fourth-order valence-electron chi connectivity index (χ4n) is 2.89. The molecule has 3 rings (SSSR count). The van der Waals surface area contributed by atoms with Gasteiger partial charge in [-0.2, -0.15) is 5.26 Å². The first-order chi connectivity index (χ1) is 12.7. The summed E-state index contributed by atoms with van der Waals surface area (Å²) >= 11 is 1.44. The number of nitrogens with zero attached hydrogens (tertiary/aromatic N) is 5. The molecule has 7 heteroatoms. The van der Waals surface area contributed by atoms with Crippen molar-refractivity contribution < 1.29 is 4.79 Å². The third-order valence-electron chi connectivity index (χ3n) is 4.42. The average Bonchev–Trinajstić information content (AvgIpc) is 3.43. The van der Waals surface area contributed by atoms with Gasteiger partial charge < -0.3 is 9.47 Å². The molecule has 6 nitrogen and oxygen atoms in total. The summed E-state index contributed by atoms with van der Waals surface area (Å²) in [6, 6.07) is 11.6. The van der Waals surface area contributed by atoms with Crippen LogP contribution in [0.2, 0.25) is 0 Å². The Bertz CT molecular complexity index is 794. The molecule has 2 aromatic rings. The number of amides is 1. The third kappa shape index (κ3) is 4.07. The Balaban J connectivity index is 1.76. The van der Waals surface area contributed by atoms with Gasteiger partial charge in [0.25, 0.3) is 0 Å². The Hall–Kier alpha value is -2.33. The predicted molar refractivity (Wildman–Crippen MR) is 102 cm³/mol. The molecular formula is C19H23N5OS. The molecule has 0 saturated heterocycles. The molecule has 1 saturated carbocycles. The van der Waals surface area contributed by atoms with Gasteiger partial charge in [0.15, 0.2) is 5.16 Å². The van der Waals surface area contributed by atoms with E-state index in [1.807, 2.05) is 37.3 Å². The van der Waals surface area contributed by atoms with Crippen LogP contribution in [0, 0.1) is 11.3 Å². The molecule has 26 heavy (non-hydrogen) atoms. The highest BCUT2D eigenvalue weighted by Crippen LogP contribution is 2.40. The van der Waals surface area contributed by atoms with E-state index < -0.39 is 0 Å². The van der Waals surface area contributed by atoms with Gasteiger partial charge in [-0.3, -0.25) is 4.79 Å². The summed E-state index contributed by atoms with van der Waals surface area (Å²) in [6.45, 7) is 5.16. The van der Waals surface area contributed by atoms with E-state index >= 15 is 0 Å². The lowest BCUT2D eigenvalue weighted by Gasteiger charge is -2.24. The van der Waals surface area contributed by atoms with Crippen LogP contribution in [-0.2, 0) is 11.3 Å². The maximum absolute atomic E-state index is 13.0. The summed E-state index contributed by atoms with van der Waals surface area (Å²) in [5.41, 5.74) is 0.816. The van der Waals surface area contributed by atoms with E-state index in [0.717, 1.165) is 23.2 Å². The van der Waals surface area contributed by atoms with Crippen LogP contribution < -0.4 is 4.90 Å². The van der Waals surface area contributed by atoms with Gasteiger partial charge >= 0.3 is 0 Å². The van der Waals surface area contributed by atoms with E-state index in [4.69, 9.17) is 5.26 Å². The van der Waals surface area contributed by atoms with E-state index in [-0.39, 0.29) is 11.2 Å². The van der Waals surface area contributed by atoms with Crippen molar-refractivity contribution in [2.24, 2.45) is 0 Å². The largest absolute Gasteiger partial charge is 0.310 e. The van der Waals surface area contributed by atoms with Crippen LogP contribution in [0.1, 0.15) is 44.9 Å². The molecule has 0 bridgehead atoms. The standard InChI is InChI=1S/C19H23N5OS/c1-3-23-17(15-10-11-15)21-22-19(23)26-14(2)18(25)24(13-7-12-20)16-8-5-4-6-9-16/h4-6,8-9,14-15H,3,7,10-11,13H2,1-2H3/t14-/m0/s1. The van der Waals surface area contributed by atoms with Gasteiger partial charge in [-0.15, -0.1) is 10.2 Å². The maximum atomic E-state index is 13.0. The van der Waals surface area contributed by atoms with Crippen LogP contribution >= 0.6 is 11.8 Å². The highest BCUT2D eigenvalue weighted by Gasteiger charge is 2.31. The summed E-state index contributed by atoms with van der Waals surface area (Å²) in [5.74, 6) is 1.55. The van der Waals surface area contributed by atoms with Crippen molar-refractivity contribution in [1.82, 2.24) is 14.8 Å². The van der Waals surface area contributed by atoms with E-state index in [1.54, 1.807) is 4.90 Å². The van der Waals surface area contributed by atoms with Crippen molar-refractivity contribution in [3.05, 3.63) is 36.2 Å². The Morgan fingerprint density at radius 3 is 2.73 bits per heavy atom. The van der Waals surface area contributed by atoms with E-state index in [9.17, 15) is 4.79 Å². The minimum absolute atomic E-state index is 0.0184. The molecule has 0 unspecified atom stereocenters. The molecule has 136 valence electrons. The highest BCUT2D eigenvalue weighted by atomic mass is 32.2. The molecular weight excluding hydrogens is 346 g/mol. The average molecular weight is 369 g/mol. The molecule has 1 aromatic carbocycles. The number of hydrogen-bond donors (Lipinski definition) is 0. The number of hydrogen-bond acceptors (Lipinski definition) is 5. The first-order valence-electron chi connectivity index (χ1n) is 8.98. The van der Waals surface area contributed by atoms with Crippen molar-refractivity contribution in [2.75, 3.05) is 11.4 Å². The molecule has 0 N–H and O–H groups in total. The molecule has 1 aliphatic carbocycles. The fourth-order valence-corrected chi connectivity index (χ4v) is 3.87. The van der Waals surface area contributed by atoms with Crippen molar-refractivity contribution >= 4 is 23.4 Å². The zero-order valence-electron chi connectivity index (χ0n) is 15.1. The lowest BCUT2D eigenvalue weighted by Crippen LogP contribution is -2.37. The second kappa shape index (κ2) is 8.37. The molecule has 0 radical (unpaired) electrons. The number of para-hydroxylation sites is 1. The number of anilines is 1. The topological polar surface area (TPSA) is 74.8 Å². The third-order valence-corrected chi connectivity index (χ3v) is 5.48. The minimum atomic E-state index is -0.310. The van der Waals surface area contributed by atoms with Gasteiger partial charge in [0.05, 0.1) is 17.7 Å². The second-order valence-corrected chi connectivity index (χ2v) is 7.66. The molecule has 1 atom stereocenters. The summed E-state index contributed by atoms with van der Waals surface area (Å²) in [5, 5.41) is 18.1. The van der Waals surface area contributed by atoms with Crippen molar-refractivity contribution in [1.29, 1.82) is 5.26 Å². The molecule has 1 amide bonds. The number of benzene rings is 1. The van der Waals surface area contributed by atoms with Crippen LogP contribution in [0.25, 0.3) is 0 Å². The Kier molecular flexibility index (Phi) is 5.94. The lowest BCUT2D eigenvalue weighted by atomic mass is 10.2. The SMILES string of the molecule is CCn1c(S[C@@H](C)C(=O)N(CCC#N)c2ccccc2)nnc1C1CC1. The van der Waals surface area contributed by atoms with Gasteiger partial charge in [0, 0.05) is 24.7 Å². The van der Waals surface area contributed by atoms with Crippen LogP contribution in [0.3, 0.4) is 0 Å². The maximum Gasteiger partial charge on any atom is 0.240 e. The van der Waals surface area contributed by atoms with Crippen molar-refractivity contribution in [2.45, 2.75) is 56.0 Å². The van der Waals surface area contributed by atoms with E-state index in [2.05, 4.69) is 27.8 Å². The summed E-state index contributed by atoms with van der Waals surface area (Å²) in [6.07, 6.45) is 2.65. The Labute approximate surface area is 158 Å². The zero-order valence-corrected chi connectivity index (χ0v) is 15.9.